The standard InChI is InChI=1S/C20H30O5/c1-13(16(21)22)20(10-6-14-7-11-24-12-14)19(4)9-5-8-18(2,3)15(19)17(23)25-20/h7,11-13,15,17,23H,5-6,8-10H2,1-4H3,(H,21,22)/t13-,15+,17+,19+,20-/m1/s1. The summed E-state index contributed by atoms with van der Waals surface area (Å²) in [4.78, 5) is 12.0. The summed E-state index contributed by atoms with van der Waals surface area (Å²) in [5.74, 6) is -1.64. The summed E-state index contributed by atoms with van der Waals surface area (Å²) < 4.78 is 11.4. The van der Waals surface area contributed by atoms with Gasteiger partial charge < -0.3 is 19.4 Å². The molecule has 1 aromatic heterocycles. The van der Waals surface area contributed by atoms with Crippen LogP contribution in [-0.4, -0.2) is 28.1 Å². The summed E-state index contributed by atoms with van der Waals surface area (Å²) in [6.45, 7) is 8.18. The number of fused-ring (bicyclic) bond motifs is 1. The first kappa shape index (κ1) is 18.5. The number of ether oxygens (including phenoxy) is 1. The SMILES string of the molecule is C[C@H](C(=O)O)[C@@]1(CCc2ccoc2)O[C@H](O)[C@H]2C(C)(C)CCC[C@@]21C. The fourth-order valence-electron chi connectivity index (χ4n) is 5.80. The number of furan rings is 1. The van der Waals surface area contributed by atoms with Gasteiger partial charge in [-0.3, -0.25) is 4.79 Å². The highest BCUT2D eigenvalue weighted by atomic mass is 16.6. The van der Waals surface area contributed by atoms with E-state index in [4.69, 9.17) is 9.15 Å². The van der Waals surface area contributed by atoms with E-state index >= 15 is 0 Å². The smallest absolute Gasteiger partial charge is 0.309 e. The minimum absolute atomic E-state index is 0.0695. The van der Waals surface area contributed by atoms with Crippen molar-refractivity contribution in [2.24, 2.45) is 22.7 Å². The molecule has 5 nitrogen and oxygen atoms in total. The number of hydrogen-bond acceptors (Lipinski definition) is 4. The van der Waals surface area contributed by atoms with Gasteiger partial charge in [-0.05, 0) is 49.7 Å². The van der Waals surface area contributed by atoms with Gasteiger partial charge in [0, 0.05) is 11.3 Å². The first-order chi connectivity index (χ1) is 11.6. The first-order valence-electron chi connectivity index (χ1n) is 9.24. The van der Waals surface area contributed by atoms with Gasteiger partial charge in [-0.2, -0.15) is 0 Å². The molecule has 0 bridgehead atoms. The molecule has 1 aromatic rings. The van der Waals surface area contributed by atoms with Crippen LogP contribution in [0, 0.1) is 22.7 Å². The Kier molecular flexibility index (Phi) is 4.53. The van der Waals surface area contributed by atoms with Crippen LogP contribution < -0.4 is 0 Å². The van der Waals surface area contributed by atoms with Crippen LogP contribution in [0.4, 0.5) is 0 Å². The van der Waals surface area contributed by atoms with Gasteiger partial charge >= 0.3 is 5.97 Å². The van der Waals surface area contributed by atoms with Crippen LogP contribution in [0.3, 0.4) is 0 Å². The molecule has 2 N–H and O–H groups in total. The van der Waals surface area contributed by atoms with E-state index in [-0.39, 0.29) is 16.7 Å². The van der Waals surface area contributed by atoms with Crippen molar-refractivity contribution in [3.63, 3.8) is 0 Å². The zero-order valence-electron chi connectivity index (χ0n) is 15.6. The zero-order valence-corrected chi connectivity index (χ0v) is 15.6. The van der Waals surface area contributed by atoms with Crippen LogP contribution in [0.15, 0.2) is 23.0 Å². The maximum atomic E-state index is 12.0. The van der Waals surface area contributed by atoms with E-state index in [9.17, 15) is 15.0 Å². The van der Waals surface area contributed by atoms with Crippen LogP contribution in [0.25, 0.3) is 0 Å². The van der Waals surface area contributed by atoms with Crippen LogP contribution in [-0.2, 0) is 16.0 Å². The van der Waals surface area contributed by atoms with Gasteiger partial charge in [-0.15, -0.1) is 0 Å². The molecule has 5 heteroatoms. The Labute approximate surface area is 149 Å². The lowest BCUT2D eigenvalue weighted by Gasteiger charge is -2.53. The summed E-state index contributed by atoms with van der Waals surface area (Å²) >= 11 is 0. The second-order valence-corrected chi connectivity index (χ2v) is 8.83. The second kappa shape index (κ2) is 6.13. The maximum absolute atomic E-state index is 12.0. The molecule has 25 heavy (non-hydrogen) atoms. The number of carboxylic acids is 1. The molecule has 2 aliphatic rings. The molecule has 0 aromatic carbocycles. The average Bonchev–Trinajstić information content (AvgIpc) is 3.09. The van der Waals surface area contributed by atoms with Crippen molar-refractivity contribution in [3.8, 4) is 0 Å². The van der Waals surface area contributed by atoms with Gasteiger partial charge in [0.1, 0.15) is 0 Å². The third kappa shape index (κ3) is 2.72. The third-order valence-electron chi connectivity index (χ3n) is 7.06. The lowest BCUT2D eigenvalue weighted by atomic mass is 9.50. The van der Waals surface area contributed by atoms with E-state index in [1.807, 2.05) is 6.07 Å². The van der Waals surface area contributed by atoms with E-state index in [1.54, 1.807) is 19.5 Å². The van der Waals surface area contributed by atoms with Crippen molar-refractivity contribution in [1.82, 2.24) is 0 Å². The largest absolute Gasteiger partial charge is 0.481 e. The molecule has 140 valence electrons. The van der Waals surface area contributed by atoms with Crippen molar-refractivity contribution < 1.29 is 24.2 Å². The number of rotatable bonds is 5. The van der Waals surface area contributed by atoms with Crippen LogP contribution in [0.2, 0.25) is 0 Å². The zero-order chi connectivity index (χ0) is 18.5. The average molecular weight is 350 g/mol. The lowest BCUT2D eigenvalue weighted by Crippen LogP contribution is -2.56. The Balaban J connectivity index is 2.02. The van der Waals surface area contributed by atoms with Crippen molar-refractivity contribution in [2.45, 2.75) is 71.7 Å². The number of aliphatic hydroxyl groups excluding tert-OH is 1. The minimum Gasteiger partial charge on any atom is -0.481 e. The first-order valence-corrected chi connectivity index (χ1v) is 9.24. The van der Waals surface area contributed by atoms with Gasteiger partial charge in [0.2, 0.25) is 0 Å². The summed E-state index contributed by atoms with van der Waals surface area (Å²) in [6, 6.07) is 1.90. The van der Waals surface area contributed by atoms with Gasteiger partial charge in [0.15, 0.2) is 6.29 Å². The molecule has 3 rings (SSSR count). The quantitative estimate of drug-likeness (QED) is 0.843. The van der Waals surface area contributed by atoms with E-state index in [0.29, 0.717) is 12.8 Å². The van der Waals surface area contributed by atoms with E-state index in [1.165, 1.54) is 0 Å². The minimum atomic E-state index is -0.925. The summed E-state index contributed by atoms with van der Waals surface area (Å²) in [5.41, 5.74) is -0.326. The second-order valence-electron chi connectivity index (χ2n) is 8.83. The number of aryl methyl sites for hydroxylation is 1. The van der Waals surface area contributed by atoms with Crippen molar-refractivity contribution in [1.29, 1.82) is 0 Å². The highest BCUT2D eigenvalue weighted by Crippen LogP contribution is 2.65. The summed E-state index contributed by atoms with van der Waals surface area (Å²) in [7, 11) is 0. The Hall–Kier alpha value is -1.33. The van der Waals surface area contributed by atoms with Gasteiger partial charge in [-0.1, -0.05) is 27.2 Å². The molecule has 1 saturated carbocycles. The van der Waals surface area contributed by atoms with Crippen molar-refractivity contribution >= 4 is 5.97 Å². The number of aliphatic hydroxyl groups is 1. The third-order valence-corrected chi connectivity index (χ3v) is 7.06. The molecule has 5 atom stereocenters. The maximum Gasteiger partial charge on any atom is 0.309 e. The predicted octanol–water partition coefficient (Wildman–Crippen LogP) is 3.85. The van der Waals surface area contributed by atoms with E-state index in [0.717, 1.165) is 24.8 Å². The van der Waals surface area contributed by atoms with Crippen molar-refractivity contribution in [2.75, 3.05) is 0 Å². The Bertz CT molecular complexity index is 622. The number of carboxylic acid groups (broad SMARTS) is 1. The monoisotopic (exact) mass is 350 g/mol. The molecule has 1 saturated heterocycles. The van der Waals surface area contributed by atoms with Crippen LogP contribution in [0.1, 0.15) is 58.9 Å². The van der Waals surface area contributed by atoms with Crippen molar-refractivity contribution in [3.05, 3.63) is 24.2 Å². The molecule has 0 spiro atoms. The molecule has 2 fully saturated rings. The molecule has 1 aliphatic heterocycles. The van der Waals surface area contributed by atoms with Crippen LogP contribution in [0.5, 0.6) is 0 Å². The number of hydrogen-bond donors (Lipinski definition) is 2. The molecular formula is C20H30O5. The highest BCUT2D eigenvalue weighted by molar-refractivity contribution is 5.71. The highest BCUT2D eigenvalue weighted by Gasteiger charge is 2.69. The fraction of sp³-hybridized carbons (Fsp3) is 0.750. The van der Waals surface area contributed by atoms with E-state index in [2.05, 4.69) is 20.8 Å². The molecular weight excluding hydrogens is 320 g/mol. The van der Waals surface area contributed by atoms with E-state index < -0.39 is 23.8 Å². The molecule has 0 radical (unpaired) electrons. The summed E-state index contributed by atoms with van der Waals surface area (Å²) in [5, 5.41) is 20.6. The lowest BCUT2D eigenvalue weighted by molar-refractivity contribution is -0.192. The predicted molar refractivity (Wildman–Crippen MR) is 92.9 cm³/mol. The van der Waals surface area contributed by atoms with Gasteiger partial charge in [0.25, 0.3) is 0 Å². The Morgan fingerprint density at radius 3 is 2.68 bits per heavy atom. The Morgan fingerprint density at radius 1 is 1.36 bits per heavy atom. The summed E-state index contributed by atoms with van der Waals surface area (Å²) in [6.07, 6.45) is 6.54. The Morgan fingerprint density at radius 2 is 2.08 bits per heavy atom. The molecule has 2 heterocycles. The number of carbonyl (C=O) groups is 1. The number of aliphatic carboxylic acids is 1. The topological polar surface area (TPSA) is 79.9 Å². The van der Waals surface area contributed by atoms with Gasteiger partial charge in [0.05, 0.1) is 24.0 Å². The molecule has 0 amide bonds. The fourth-order valence-corrected chi connectivity index (χ4v) is 5.80. The molecule has 0 unspecified atom stereocenters. The molecule has 1 aliphatic carbocycles. The van der Waals surface area contributed by atoms with Crippen LogP contribution >= 0.6 is 0 Å². The normalized spacial score (nSPS) is 38.3. The van der Waals surface area contributed by atoms with Gasteiger partial charge in [-0.25, -0.2) is 0 Å².